The number of nitrogen functional groups attached to an aromatic ring is 1. The molecule has 0 saturated carbocycles. The van der Waals surface area contributed by atoms with Gasteiger partial charge >= 0.3 is 0 Å². The summed E-state index contributed by atoms with van der Waals surface area (Å²) in [6, 6.07) is 8.56. The van der Waals surface area contributed by atoms with E-state index >= 15 is 0 Å². The SMILES string of the molecule is Nc1cccc(C(=O)NCC(O)c2ccsc2)c1. The van der Waals surface area contributed by atoms with E-state index in [1.165, 1.54) is 11.3 Å². The molecule has 1 unspecified atom stereocenters. The summed E-state index contributed by atoms with van der Waals surface area (Å²) in [7, 11) is 0. The predicted molar refractivity (Wildman–Crippen MR) is 72.5 cm³/mol. The number of anilines is 1. The van der Waals surface area contributed by atoms with Crippen LogP contribution in [0.5, 0.6) is 0 Å². The van der Waals surface area contributed by atoms with Gasteiger partial charge in [0.1, 0.15) is 0 Å². The van der Waals surface area contributed by atoms with Gasteiger partial charge in [-0.2, -0.15) is 11.3 Å². The van der Waals surface area contributed by atoms with Crippen LogP contribution in [0.15, 0.2) is 41.1 Å². The molecule has 94 valence electrons. The van der Waals surface area contributed by atoms with Gasteiger partial charge in [-0.05, 0) is 40.6 Å². The maximum Gasteiger partial charge on any atom is 0.251 e. The average Bonchev–Trinajstić information content (AvgIpc) is 2.89. The van der Waals surface area contributed by atoms with Crippen molar-refractivity contribution in [1.29, 1.82) is 0 Å². The maximum absolute atomic E-state index is 11.8. The molecule has 1 aromatic heterocycles. The molecule has 0 saturated heterocycles. The molecule has 0 aliphatic carbocycles. The molecule has 5 heteroatoms. The fraction of sp³-hybridized carbons (Fsp3) is 0.154. The Hall–Kier alpha value is -1.85. The van der Waals surface area contributed by atoms with Gasteiger partial charge in [0.05, 0.1) is 6.10 Å². The van der Waals surface area contributed by atoms with Gasteiger partial charge < -0.3 is 16.2 Å². The largest absolute Gasteiger partial charge is 0.399 e. The Morgan fingerprint density at radius 3 is 2.94 bits per heavy atom. The number of nitrogens with two attached hydrogens (primary N) is 1. The number of nitrogens with one attached hydrogen (secondary N) is 1. The van der Waals surface area contributed by atoms with Gasteiger partial charge in [0.2, 0.25) is 0 Å². The summed E-state index contributed by atoms with van der Waals surface area (Å²) in [5.41, 5.74) is 7.45. The minimum absolute atomic E-state index is 0.185. The molecule has 1 atom stereocenters. The highest BCUT2D eigenvalue weighted by atomic mass is 32.1. The van der Waals surface area contributed by atoms with Crippen LogP contribution >= 0.6 is 11.3 Å². The first-order chi connectivity index (χ1) is 8.66. The number of aliphatic hydroxyl groups is 1. The van der Waals surface area contributed by atoms with Crippen molar-refractivity contribution in [3.63, 3.8) is 0 Å². The van der Waals surface area contributed by atoms with Crippen LogP contribution in [0.4, 0.5) is 5.69 Å². The highest BCUT2D eigenvalue weighted by molar-refractivity contribution is 7.07. The third-order valence-electron chi connectivity index (χ3n) is 2.53. The minimum atomic E-state index is -0.679. The lowest BCUT2D eigenvalue weighted by Gasteiger charge is -2.10. The van der Waals surface area contributed by atoms with Crippen molar-refractivity contribution >= 4 is 22.9 Å². The van der Waals surface area contributed by atoms with Crippen molar-refractivity contribution < 1.29 is 9.90 Å². The Kier molecular flexibility index (Phi) is 3.96. The molecule has 4 N–H and O–H groups in total. The molecule has 1 aromatic carbocycles. The zero-order valence-electron chi connectivity index (χ0n) is 9.67. The number of thiophene rings is 1. The number of hydrogen-bond acceptors (Lipinski definition) is 4. The molecule has 0 aliphatic heterocycles. The zero-order valence-corrected chi connectivity index (χ0v) is 10.5. The van der Waals surface area contributed by atoms with Crippen molar-refractivity contribution in [2.24, 2.45) is 0 Å². The summed E-state index contributed by atoms with van der Waals surface area (Å²) in [6.07, 6.45) is -0.679. The second kappa shape index (κ2) is 5.66. The van der Waals surface area contributed by atoms with Gasteiger partial charge in [0.25, 0.3) is 5.91 Å². The van der Waals surface area contributed by atoms with Crippen LogP contribution < -0.4 is 11.1 Å². The number of rotatable bonds is 4. The first-order valence-electron chi connectivity index (χ1n) is 5.50. The first-order valence-corrected chi connectivity index (χ1v) is 6.45. The van der Waals surface area contributed by atoms with Crippen molar-refractivity contribution in [2.45, 2.75) is 6.10 Å². The van der Waals surface area contributed by atoms with Crippen molar-refractivity contribution in [2.75, 3.05) is 12.3 Å². The number of carbonyl (C=O) groups excluding carboxylic acids is 1. The van der Waals surface area contributed by atoms with E-state index in [0.29, 0.717) is 11.3 Å². The zero-order chi connectivity index (χ0) is 13.0. The summed E-state index contributed by atoms with van der Waals surface area (Å²) in [4.78, 5) is 11.8. The van der Waals surface area contributed by atoms with Crippen molar-refractivity contribution in [3.05, 3.63) is 52.2 Å². The fourth-order valence-electron chi connectivity index (χ4n) is 1.55. The van der Waals surface area contributed by atoms with Crippen molar-refractivity contribution in [3.8, 4) is 0 Å². The lowest BCUT2D eigenvalue weighted by atomic mass is 10.1. The average molecular weight is 262 g/mol. The van der Waals surface area contributed by atoms with Crippen LogP contribution in [0.25, 0.3) is 0 Å². The Morgan fingerprint density at radius 1 is 1.44 bits per heavy atom. The summed E-state index contributed by atoms with van der Waals surface area (Å²) in [5, 5.41) is 16.2. The summed E-state index contributed by atoms with van der Waals surface area (Å²) in [6.45, 7) is 0.185. The molecule has 1 amide bonds. The van der Waals surface area contributed by atoms with E-state index in [0.717, 1.165) is 5.56 Å². The maximum atomic E-state index is 11.8. The topological polar surface area (TPSA) is 75.4 Å². The minimum Gasteiger partial charge on any atom is -0.399 e. The van der Waals surface area contributed by atoms with Gasteiger partial charge in [-0.25, -0.2) is 0 Å². The second-order valence-electron chi connectivity index (χ2n) is 3.91. The van der Waals surface area contributed by atoms with Crippen LogP contribution in [-0.4, -0.2) is 17.6 Å². The highest BCUT2D eigenvalue weighted by Crippen LogP contribution is 2.15. The lowest BCUT2D eigenvalue weighted by molar-refractivity contribution is 0.0916. The Morgan fingerprint density at radius 2 is 2.28 bits per heavy atom. The van der Waals surface area contributed by atoms with E-state index in [1.807, 2.05) is 16.8 Å². The normalized spacial score (nSPS) is 12.1. The number of carbonyl (C=O) groups is 1. The highest BCUT2D eigenvalue weighted by Gasteiger charge is 2.11. The third kappa shape index (κ3) is 3.09. The van der Waals surface area contributed by atoms with E-state index in [1.54, 1.807) is 24.3 Å². The van der Waals surface area contributed by atoms with E-state index < -0.39 is 6.10 Å². The van der Waals surface area contributed by atoms with Crippen LogP contribution in [0.3, 0.4) is 0 Å². The molecule has 0 aliphatic rings. The summed E-state index contributed by atoms with van der Waals surface area (Å²) < 4.78 is 0. The standard InChI is InChI=1S/C13H14N2O2S/c14-11-3-1-2-9(6-11)13(17)15-7-12(16)10-4-5-18-8-10/h1-6,8,12,16H,7,14H2,(H,15,17). The van der Waals surface area contributed by atoms with Crippen LogP contribution in [-0.2, 0) is 0 Å². The molecular formula is C13H14N2O2S. The third-order valence-corrected chi connectivity index (χ3v) is 3.23. The number of hydrogen-bond donors (Lipinski definition) is 3. The molecule has 0 radical (unpaired) electrons. The summed E-state index contributed by atoms with van der Waals surface area (Å²) in [5.74, 6) is -0.239. The molecule has 4 nitrogen and oxygen atoms in total. The summed E-state index contributed by atoms with van der Waals surface area (Å²) >= 11 is 1.51. The molecule has 2 aromatic rings. The molecule has 0 bridgehead atoms. The quantitative estimate of drug-likeness (QED) is 0.735. The lowest BCUT2D eigenvalue weighted by Crippen LogP contribution is -2.28. The molecule has 2 rings (SSSR count). The fourth-order valence-corrected chi connectivity index (χ4v) is 2.26. The molecule has 0 fully saturated rings. The van der Waals surface area contributed by atoms with Crippen LogP contribution in [0.2, 0.25) is 0 Å². The Bertz CT molecular complexity index is 526. The van der Waals surface area contributed by atoms with Gasteiger partial charge in [-0.3, -0.25) is 4.79 Å². The first kappa shape index (κ1) is 12.6. The van der Waals surface area contributed by atoms with Crippen LogP contribution in [0, 0.1) is 0 Å². The van der Waals surface area contributed by atoms with E-state index in [2.05, 4.69) is 5.32 Å². The number of aliphatic hydroxyl groups excluding tert-OH is 1. The molecule has 18 heavy (non-hydrogen) atoms. The van der Waals surface area contributed by atoms with Crippen LogP contribution in [0.1, 0.15) is 22.0 Å². The monoisotopic (exact) mass is 262 g/mol. The Labute approximate surface area is 109 Å². The molecule has 0 spiro atoms. The predicted octanol–water partition coefficient (Wildman–Crippen LogP) is 1.79. The van der Waals surface area contributed by atoms with Gasteiger partial charge in [0.15, 0.2) is 0 Å². The van der Waals surface area contributed by atoms with E-state index in [4.69, 9.17) is 5.73 Å². The smallest absolute Gasteiger partial charge is 0.251 e. The van der Waals surface area contributed by atoms with Gasteiger partial charge in [-0.1, -0.05) is 6.07 Å². The van der Waals surface area contributed by atoms with Gasteiger partial charge in [0, 0.05) is 17.8 Å². The second-order valence-corrected chi connectivity index (χ2v) is 4.69. The Balaban J connectivity index is 1.92. The van der Waals surface area contributed by atoms with E-state index in [-0.39, 0.29) is 12.5 Å². The molecule has 1 heterocycles. The van der Waals surface area contributed by atoms with E-state index in [9.17, 15) is 9.90 Å². The number of amides is 1. The van der Waals surface area contributed by atoms with Gasteiger partial charge in [-0.15, -0.1) is 0 Å². The van der Waals surface area contributed by atoms with Crippen molar-refractivity contribution in [1.82, 2.24) is 5.32 Å². The number of benzene rings is 1. The molecular weight excluding hydrogens is 248 g/mol.